The number of ether oxygens (including phenoxy) is 2. The summed E-state index contributed by atoms with van der Waals surface area (Å²) >= 11 is 12.5. The van der Waals surface area contributed by atoms with Gasteiger partial charge in [0, 0.05) is 29.8 Å². The van der Waals surface area contributed by atoms with Gasteiger partial charge < -0.3 is 19.9 Å². The average molecular weight is 444 g/mol. The van der Waals surface area contributed by atoms with Crippen molar-refractivity contribution < 1.29 is 14.6 Å². The van der Waals surface area contributed by atoms with Crippen LogP contribution in [0.2, 0.25) is 10.0 Å². The number of nitriles is 1. The highest BCUT2D eigenvalue weighted by Crippen LogP contribution is 2.39. The smallest absolute Gasteiger partial charge is 0.139 e. The molecule has 0 aliphatic carbocycles. The molecule has 0 bridgehead atoms. The predicted octanol–water partition coefficient (Wildman–Crippen LogP) is 5.57. The number of benzene rings is 2. The lowest BCUT2D eigenvalue weighted by atomic mass is 10.0. The summed E-state index contributed by atoms with van der Waals surface area (Å²) in [6, 6.07) is 9.07. The second-order valence-corrected chi connectivity index (χ2v) is 7.09. The Labute approximate surface area is 184 Å². The van der Waals surface area contributed by atoms with Crippen molar-refractivity contribution in [2.24, 2.45) is 0 Å². The third kappa shape index (κ3) is 4.44. The van der Waals surface area contributed by atoms with Gasteiger partial charge in [-0.3, -0.25) is 4.98 Å². The molecule has 0 saturated carbocycles. The van der Waals surface area contributed by atoms with Gasteiger partial charge in [0.2, 0.25) is 0 Å². The van der Waals surface area contributed by atoms with E-state index in [1.54, 1.807) is 19.2 Å². The molecule has 1 heterocycles. The quantitative estimate of drug-likeness (QED) is 0.496. The molecule has 0 radical (unpaired) electrons. The van der Waals surface area contributed by atoms with E-state index in [-0.39, 0.29) is 6.61 Å². The molecule has 0 saturated heterocycles. The first-order valence-corrected chi connectivity index (χ1v) is 9.76. The van der Waals surface area contributed by atoms with Crippen LogP contribution < -0.4 is 14.8 Å². The Morgan fingerprint density at radius 3 is 2.57 bits per heavy atom. The standard InChI is InChI=1S/C22H19Cl2N3O3/c1-29-20-8-15-18(7-13(20)5-3-4-6-28)26-12-14(11-25)22(15)27-19-10-21(30-2)17(24)9-16(19)23/h3,5,7-10,12,28H,4,6H2,1-2H3,(H,26,27). The van der Waals surface area contributed by atoms with Crippen molar-refractivity contribution in [2.45, 2.75) is 6.42 Å². The molecule has 0 aliphatic heterocycles. The normalized spacial score (nSPS) is 10.9. The molecular formula is C22H19Cl2N3O3. The summed E-state index contributed by atoms with van der Waals surface area (Å²) in [5.74, 6) is 1.06. The van der Waals surface area contributed by atoms with Crippen LogP contribution in [-0.4, -0.2) is 30.9 Å². The fourth-order valence-corrected chi connectivity index (χ4v) is 3.47. The Balaban J connectivity index is 2.17. The van der Waals surface area contributed by atoms with Crippen molar-refractivity contribution in [3.8, 4) is 17.6 Å². The summed E-state index contributed by atoms with van der Waals surface area (Å²) in [5.41, 5.74) is 2.90. The Morgan fingerprint density at radius 1 is 1.13 bits per heavy atom. The molecule has 0 fully saturated rings. The predicted molar refractivity (Wildman–Crippen MR) is 120 cm³/mol. The molecule has 3 rings (SSSR count). The van der Waals surface area contributed by atoms with Crippen LogP contribution in [0.3, 0.4) is 0 Å². The van der Waals surface area contributed by atoms with Crippen LogP contribution in [0.5, 0.6) is 11.5 Å². The number of halogens is 2. The molecule has 0 aliphatic rings. The fraction of sp³-hybridized carbons (Fsp3) is 0.182. The van der Waals surface area contributed by atoms with Crippen molar-refractivity contribution in [1.29, 1.82) is 5.26 Å². The van der Waals surface area contributed by atoms with Crippen LogP contribution in [0.15, 0.2) is 36.5 Å². The summed E-state index contributed by atoms with van der Waals surface area (Å²) in [6.07, 6.45) is 5.75. The van der Waals surface area contributed by atoms with Crippen LogP contribution in [0.4, 0.5) is 11.4 Å². The van der Waals surface area contributed by atoms with Gasteiger partial charge in [0.05, 0.1) is 46.7 Å². The molecule has 154 valence electrons. The summed E-state index contributed by atoms with van der Waals surface area (Å²) in [4.78, 5) is 4.41. The molecule has 0 spiro atoms. The monoisotopic (exact) mass is 443 g/mol. The van der Waals surface area contributed by atoms with Gasteiger partial charge in [-0.25, -0.2) is 0 Å². The lowest BCUT2D eigenvalue weighted by molar-refractivity contribution is 0.303. The minimum atomic E-state index is 0.0650. The number of rotatable bonds is 7. The zero-order chi connectivity index (χ0) is 21.7. The largest absolute Gasteiger partial charge is 0.496 e. The number of nitrogens with one attached hydrogen (secondary N) is 1. The minimum absolute atomic E-state index is 0.0650. The first-order valence-electron chi connectivity index (χ1n) is 9.00. The van der Waals surface area contributed by atoms with Gasteiger partial charge >= 0.3 is 0 Å². The van der Waals surface area contributed by atoms with E-state index in [4.69, 9.17) is 37.8 Å². The molecular weight excluding hydrogens is 425 g/mol. The van der Waals surface area contributed by atoms with Gasteiger partial charge in [-0.05, 0) is 24.6 Å². The summed E-state index contributed by atoms with van der Waals surface area (Å²) in [5, 5.41) is 23.3. The van der Waals surface area contributed by atoms with Crippen molar-refractivity contribution in [3.05, 3.63) is 57.7 Å². The molecule has 0 amide bonds. The van der Waals surface area contributed by atoms with Crippen molar-refractivity contribution in [3.63, 3.8) is 0 Å². The van der Waals surface area contributed by atoms with Gasteiger partial charge in [-0.2, -0.15) is 5.26 Å². The highest BCUT2D eigenvalue weighted by Gasteiger charge is 2.15. The number of aliphatic hydroxyl groups excluding tert-OH is 1. The van der Waals surface area contributed by atoms with E-state index in [0.29, 0.717) is 55.8 Å². The van der Waals surface area contributed by atoms with Crippen LogP contribution >= 0.6 is 23.2 Å². The SMILES string of the molecule is COc1cc(Nc2c(C#N)cnc3cc(C=CCCO)c(OC)cc23)c(Cl)cc1Cl. The zero-order valence-corrected chi connectivity index (χ0v) is 17.9. The Morgan fingerprint density at radius 2 is 1.90 bits per heavy atom. The Hall–Kier alpha value is -2.98. The lowest BCUT2D eigenvalue weighted by Gasteiger charge is -2.16. The number of hydrogen-bond donors (Lipinski definition) is 2. The Kier molecular flexibility index (Phi) is 7.01. The van der Waals surface area contributed by atoms with E-state index in [2.05, 4.69) is 16.4 Å². The summed E-state index contributed by atoms with van der Waals surface area (Å²) in [6.45, 7) is 0.0650. The summed E-state index contributed by atoms with van der Waals surface area (Å²) < 4.78 is 10.8. The van der Waals surface area contributed by atoms with Gasteiger partial charge in [0.1, 0.15) is 17.6 Å². The van der Waals surface area contributed by atoms with E-state index in [9.17, 15) is 5.26 Å². The number of nitrogens with zero attached hydrogens (tertiary/aromatic N) is 2. The molecule has 2 aromatic carbocycles. The van der Waals surface area contributed by atoms with Crippen molar-refractivity contribution in [1.82, 2.24) is 4.98 Å². The maximum absolute atomic E-state index is 9.62. The highest BCUT2D eigenvalue weighted by atomic mass is 35.5. The second kappa shape index (κ2) is 9.68. The van der Waals surface area contributed by atoms with E-state index >= 15 is 0 Å². The first kappa shape index (κ1) is 21.7. The van der Waals surface area contributed by atoms with Crippen LogP contribution in [-0.2, 0) is 0 Å². The molecule has 3 aromatic rings. The number of hydrogen-bond acceptors (Lipinski definition) is 6. The number of pyridine rings is 1. The first-order chi connectivity index (χ1) is 14.5. The topological polar surface area (TPSA) is 87.4 Å². The van der Waals surface area contributed by atoms with Crippen LogP contribution in [0.25, 0.3) is 17.0 Å². The van der Waals surface area contributed by atoms with Gasteiger partial charge in [-0.1, -0.05) is 35.4 Å². The van der Waals surface area contributed by atoms with Gasteiger partial charge in [0.25, 0.3) is 0 Å². The molecule has 30 heavy (non-hydrogen) atoms. The number of anilines is 2. The highest BCUT2D eigenvalue weighted by molar-refractivity contribution is 6.37. The van der Waals surface area contributed by atoms with Gasteiger partial charge in [0.15, 0.2) is 0 Å². The third-order valence-corrected chi connectivity index (χ3v) is 5.04. The molecule has 0 unspecified atom stereocenters. The van der Waals surface area contributed by atoms with E-state index < -0.39 is 0 Å². The minimum Gasteiger partial charge on any atom is -0.496 e. The zero-order valence-electron chi connectivity index (χ0n) is 16.4. The fourth-order valence-electron chi connectivity index (χ4n) is 2.96. The Bertz CT molecular complexity index is 1160. The van der Waals surface area contributed by atoms with Crippen LogP contribution in [0, 0.1) is 11.3 Å². The number of aliphatic hydroxyl groups is 1. The van der Waals surface area contributed by atoms with E-state index in [1.807, 2.05) is 24.3 Å². The van der Waals surface area contributed by atoms with Crippen LogP contribution in [0.1, 0.15) is 17.5 Å². The number of fused-ring (bicyclic) bond motifs is 1. The van der Waals surface area contributed by atoms with Crippen molar-refractivity contribution >= 4 is 51.6 Å². The molecule has 6 nitrogen and oxygen atoms in total. The molecule has 2 N–H and O–H groups in total. The van der Waals surface area contributed by atoms with Crippen molar-refractivity contribution in [2.75, 3.05) is 26.1 Å². The number of methoxy groups -OCH3 is 2. The number of aromatic nitrogens is 1. The second-order valence-electron chi connectivity index (χ2n) is 6.28. The molecule has 8 heteroatoms. The van der Waals surface area contributed by atoms with Gasteiger partial charge in [-0.15, -0.1) is 0 Å². The average Bonchev–Trinajstić information content (AvgIpc) is 2.75. The third-order valence-electron chi connectivity index (χ3n) is 4.43. The van der Waals surface area contributed by atoms with E-state index in [0.717, 1.165) is 5.56 Å². The maximum atomic E-state index is 9.62. The lowest BCUT2D eigenvalue weighted by Crippen LogP contribution is -1.99. The van der Waals surface area contributed by atoms with E-state index in [1.165, 1.54) is 13.3 Å². The maximum Gasteiger partial charge on any atom is 0.139 e. The molecule has 0 atom stereocenters. The molecule has 1 aromatic heterocycles. The summed E-state index contributed by atoms with van der Waals surface area (Å²) in [7, 11) is 3.08.